The van der Waals surface area contributed by atoms with Gasteiger partial charge in [0.2, 0.25) is 0 Å². The number of para-hydroxylation sites is 2. The van der Waals surface area contributed by atoms with Crippen molar-refractivity contribution in [3.63, 3.8) is 0 Å². The minimum atomic E-state index is -0.0475. The van der Waals surface area contributed by atoms with E-state index in [2.05, 4.69) is 277 Å². The fraction of sp³-hybridized carbons (Fsp3) is 0.229. The van der Waals surface area contributed by atoms with Gasteiger partial charge < -0.3 is 14.7 Å². The summed E-state index contributed by atoms with van der Waals surface area (Å²) in [5.74, 6) is 0. The predicted octanol–water partition coefficient (Wildman–Crippen LogP) is 17.2. The Hall–Kier alpha value is -7.56. The van der Waals surface area contributed by atoms with Crippen molar-refractivity contribution in [2.24, 2.45) is 0 Å². The highest BCUT2D eigenvalue weighted by Gasteiger charge is 2.49. The van der Waals surface area contributed by atoms with Gasteiger partial charge in [-0.1, -0.05) is 189 Å². The van der Waals surface area contributed by atoms with Crippen LogP contribution in [0.15, 0.2) is 200 Å². The first-order valence-corrected chi connectivity index (χ1v) is 27.0. The first-order valence-electron chi connectivity index (χ1n) is 27.0. The van der Waals surface area contributed by atoms with E-state index < -0.39 is 0 Å². The van der Waals surface area contributed by atoms with Crippen molar-refractivity contribution < 1.29 is 0 Å². The predicted molar refractivity (Wildman–Crippen MR) is 317 cm³/mol. The second-order valence-corrected chi connectivity index (χ2v) is 24.4. The van der Waals surface area contributed by atoms with E-state index in [1.165, 1.54) is 101 Å². The Labute approximate surface area is 440 Å². The molecule has 4 heteroatoms. The lowest BCUT2D eigenvalue weighted by molar-refractivity contribution is 0.332. The van der Waals surface area contributed by atoms with Gasteiger partial charge >= 0.3 is 0 Å². The molecule has 4 aliphatic rings. The van der Waals surface area contributed by atoms with Crippen molar-refractivity contribution in [3.05, 3.63) is 228 Å². The lowest BCUT2D eigenvalue weighted by Crippen LogP contribution is -2.61. The van der Waals surface area contributed by atoms with Crippen molar-refractivity contribution in [1.82, 2.24) is 0 Å². The molecule has 0 unspecified atom stereocenters. The van der Waals surface area contributed by atoms with Crippen LogP contribution < -0.4 is 31.1 Å². The molecule has 0 N–H and O–H groups in total. The minimum Gasteiger partial charge on any atom is -0.311 e. The molecular weight excluding hydrogens is 894 g/mol. The van der Waals surface area contributed by atoms with Crippen LogP contribution in [0.2, 0.25) is 0 Å². The van der Waals surface area contributed by atoms with E-state index in [0.717, 1.165) is 35.6 Å². The van der Waals surface area contributed by atoms with Gasteiger partial charge in [-0.3, -0.25) is 0 Å². The highest BCUT2D eigenvalue weighted by Crippen LogP contribution is 2.55. The van der Waals surface area contributed by atoms with Crippen LogP contribution in [0.25, 0.3) is 22.3 Å². The topological polar surface area (TPSA) is 9.72 Å². The molecule has 74 heavy (non-hydrogen) atoms. The Balaban J connectivity index is 1.19. The molecule has 0 spiro atoms. The van der Waals surface area contributed by atoms with Gasteiger partial charge in [0, 0.05) is 45.5 Å². The Morgan fingerprint density at radius 2 is 0.838 bits per heavy atom. The van der Waals surface area contributed by atoms with Crippen LogP contribution >= 0.6 is 0 Å². The zero-order valence-corrected chi connectivity index (χ0v) is 44.6. The molecule has 3 nitrogen and oxygen atoms in total. The minimum absolute atomic E-state index is 0.00320. The summed E-state index contributed by atoms with van der Waals surface area (Å²) in [5.41, 5.74) is 26.8. The van der Waals surface area contributed by atoms with E-state index in [4.69, 9.17) is 0 Å². The van der Waals surface area contributed by atoms with Crippen LogP contribution in [0.1, 0.15) is 102 Å². The molecule has 0 amide bonds. The van der Waals surface area contributed by atoms with Crippen molar-refractivity contribution in [1.29, 1.82) is 0 Å². The van der Waals surface area contributed by atoms with Crippen molar-refractivity contribution >= 4 is 74.3 Å². The Morgan fingerprint density at radius 3 is 1.43 bits per heavy atom. The second kappa shape index (κ2) is 16.7. The Morgan fingerprint density at radius 1 is 0.365 bits per heavy atom. The van der Waals surface area contributed by atoms with Gasteiger partial charge in [-0.25, -0.2) is 0 Å². The van der Waals surface area contributed by atoms with E-state index in [-0.39, 0.29) is 28.4 Å². The number of anilines is 9. The molecule has 364 valence electrons. The molecule has 13 rings (SSSR count). The monoisotopic (exact) mass is 960 g/mol. The number of hydrogen-bond acceptors (Lipinski definition) is 3. The summed E-state index contributed by atoms with van der Waals surface area (Å²) >= 11 is 0. The summed E-state index contributed by atoms with van der Waals surface area (Å²) < 4.78 is 0. The van der Waals surface area contributed by atoms with Gasteiger partial charge in [-0.2, -0.15) is 0 Å². The Kier molecular flexibility index (Phi) is 10.5. The number of fused-ring (bicyclic) bond motifs is 6. The summed E-state index contributed by atoms with van der Waals surface area (Å²) in [6.45, 7) is 22.1. The van der Waals surface area contributed by atoms with Crippen LogP contribution in [0.3, 0.4) is 0 Å². The van der Waals surface area contributed by atoms with E-state index in [1.54, 1.807) is 0 Å². The number of hydrogen-bond donors (Lipinski definition) is 0. The molecule has 0 atom stereocenters. The van der Waals surface area contributed by atoms with Crippen molar-refractivity contribution in [2.45, 2.75) is 103 Å². The van der Waals surface area contributed by atoms with E-state index in [9.17, 15) is 0 Å². The molecule has 9 aromatic carbocycles. The molecule has 0 saturated carbocycles. The quantitative estimate of drug-likeness (QED) is 0.147. The lowest BCUT2D eigenvalue weighted by atomic mass is 9.33. The van der Waals surface area contributed by atoms with E-state index in [1.807, 2.05) is 0 Å². The summed E-state index contributed by atoms with van der Waals surface area (Å²) in [5, 5.41) is 0. The zero-order valence-electron chi connectivity index (χ0n) is 44.6. The van der Waals surface area contributed by atoms with Gasteiger partial charge in [0.15, 0.2) is 0 Å². The zero-order chi connectivity index (χ0) is 50.9. The van der Waals surface area contributed by atoms with E-state index >= 15 is 0 Å². The fourth-order valence-electron chi connectivity index (χ4n) is 13.9. The molecule has 0 radical (unpaired) electrons. The summed E-state index contributed by atoms with van der Waals surface area (Å²) in [6.07, 6.45) is 3.42. The molecule has 0 bridgehead atoms. The summed E-state index contributed by atoms with van der Waals surface area (Å²) in [7, 11) is 0. The highest BCUT2D eigenvalue weighted by atomic mass is 15.2. The largest absolute Gasteiger partial charge is 0.311 e. The second-order valence-electron chi connectivity index (χ2n) is 24.4. The first-order chi connectivity index (χ1) is 35.6. The normalized spacial score (nSPS) is 16.9. The van der Waals surface area contributed by atoms with Gasteiger partial charge in [-0.15, -0.1) is 0 Å². The van der Waals surface area contributed by atoms with E-state index in [0.29, 0.717) is 0 Å². The third-order valence-electron chi connectivity index (χ3n) is 17.6. The lowest BCUT2D eigenvalue weighted by Gasteiger charge is -2.47. The van der Waals surface area contributed by atoms with Crippen LogP contribution in [-0.4, -0.2) is 6.71 Å². The smallest absolute Gasteiger partial charge is 0.252 e. The number of aryl methyl sites for hydroxylation is 1. The molecule has 0 saturated heterocycles. The van der Waals surface area contributed by atoms with Crippen LogP contribution in [-0.2, 0) is 21.7 Å². The molecule has 2 aliphatic carbocycles. The molecule has 0 fully saturated rings. The van der Waals surface area contributed by atoms with Crippen LogP contribution in [0, 0.1) is 6.92 Å². The Bertz CT molecular complexity index is 3630. The fourth-order valence-corrected chi connectivity index (χ4v) is 13.9. The summed E-state index contributed by atoms with van der Waals surface area (Å²) in [6, 6.07) is 75.8. The van der Waals surface area contributed by atoms with Crippen molar-refractivity contribution in [3.8, 4) is 22.3 Å². The van der Waals surface area contributed by atoms with Gasteiger partial charge in [0.05, 0.1) is 5.69 Å². The average molecular weight is 960 g/mol. The summed E-state index contributed by atoms with van der Waals surface area (Å²) in [4.78, 5) is 7.79. The molecule has 9 aromatic rings. The molecular formula is C70H66BN3. The third-order valence-corrected chi connectivity index (χ3v) is 17.6. The maximum atomic E-state index is 2.72. The molecule has 2 aliphatic heterocycles. The number of benzene rings is 9. The van der Waals surface area contributed by atoms with Gasteiger partial charge in [0.25, 0.3) is 6.71 Å². The van der Waals surface area contributed by atoms with Gasteiger partial charge in [0.1, 0.15) is 0 Å². The SMILES string of the molecule is Cc1cc2c(cc1N1c3cc4c(cc3B3c5ccc(-c6ccccc6)cc5N(c5cccc(-c6ccccc6)c5)c5cc(N(c6ccccc6)c6ccccc6)cc1c53)C(C)(C)CC4(C)C)C(C)(C)CCC2(C)C. The maximum Gasteiger partial charge on any atom is 0.252 e. The molecule has 2 heterocycles. The van der Waals surface area contributed by atoms with Crippen molar-refractivity contribution in [2.75, 3.05) is 14.7 Å². The third kappa shape index (κ3) is 7.30. The van der Waals surface area contributed by atoms with Gasteiger partial charge in [-0.05, 0) is 181 Å². The van der Waals surface area contributed by atoms with Crippen LogP contribution in [0.4, 0.5) is 51.2 Å². The highest BCUT2D eigenvalue weighted by molar-refractivity contribution is 7.00. The van der Waals surface area contributed by atoms with Crippen LogP contribution in [0.5, 0.6) is 0 Å². The maximum absolute atomic E-state index is 2.72. The number of nitrogens with zero attached hydrogens (tertiary/aromatic N) is 3. The average Bonchev–Trinajstić information content (AvgIpc) is 3.61. The number of rotatable bonds is 7. The molecule has 0 aromatic heterocycles. The first kappa shape index (κ1) is 46.2. The standard InChI is InChI=1S/C70H66BN3/c1-46-37-55-57(68(4,5)36-35-67(55,2)3)43-61(46)74-63-44-58-56(69(6,7)45-70(58,8)9)42-60(63)71-59-34-33-50(48-25-16-11-17-26-48)39-62(59)73(53-32-22-27-49(38-53)47-23-14-10-15-24-47)64-40-54(41-65(74)66(64)71)72(51-28-18-12-19-29-51)52-30-20-13-21-31-52/h10-34,37-44H,35-36,45H2,1-9H3.